The Bertz CT molecular complexity index is 389. The van der Waals surface area contributed by atoms with Crippen LogP contribution in [0, 0.1) is 0 Å². The van der Waals surface area contributed by atoms with Crippen molar-refractivity contribution in [3.63, 3.8) is 0 Å². The van der Waals surface area contributed by atoms with Crippen molar-refractivity contribution in [2.45, 2.75) is 19.5 Å². The number of nitrogens with zero attached hydrogens (tertiary/aromatic N) is 2. The summed E-state index contributed by atoms with van der Waals surface area (Å²) in [6, 6.07) is -0.332. The molecule has 0 atom stereocenters. The predicted octanol–water partition coefficient (Wildman–Crippen LogP) is 2.15. The van der Waals surface area contributed by atoms with Gasteiger partial charge >= 0.3 is 12.1 Å². The number of hydrogen-bond donors (Lipinski definition) is 1. The van der Waals surface area contributed by atoms with Gasteiger partial charge in [0, 0.05) is 6.54 Å². The Balaban J connectivity index is 2.85. The Morgan fingerprint density at radius 2 is 2.24 bits per heavy atom. The van der Waals surface area contributed by atoms with Crippen LogP contribution in [0.5, 0.6) is 0 Å². The summed E-state index contributed by atoms with van der Waals surface area (Å²) in [6.45, 7) is 0.559. The van der Waals surface area contributed by atoms with Crippen LogP contribution in [0.1, 0.15) is 23.8 Å². The molecule has 0 aromatic carbocycles. The first-order valence-corrected chi connectivity index (χ1v) is 4.84. The third kappa shape index (κ3) is 3.97. The highest BCUT2D eigenvalue weighted by Crippen LogP contribution is 2.21. The molecule has 0 aliphatic rings. The molecule has 1 N–H and O–H groups in total. The van der Waals surface area contributed by atoms with Crippen LogP contribution in [0.15, 0.2) is 10.7 Å². The molecule has 0 aliphatic carbocycles. The highest BCUT2D eigenvalue weighted by molar-refractivity contribution is 5.85. The molecular weight excluding hydrogens is 241 g/mol. The van der Waals surface area contributed by atoms with Gasteiger partial charge in [-0.05, 0) is 6.42 Å². The van der Waals surface area contributed by atoms with E-state index in [0.29, 0.717) is 6.42 Å². The summed E-state index contributed by atoms with van der Waals surface area (Å²) in [5, 5.41) is 8.58. The topological polar surface area (TPSA) is 66.6 Å². The lowest BCUT2D eigenvalue weighted by Gasteiger charge is -2.20. The minimum atomic E-state index is -4.40. The van der Waals surface area contributed by atoms with Gasteiger partial charge < -0.3 is 14.4 Å². The second-order valence-electron chi connectivity index (χ2n) is 3.36. The van der Waals surface area contributed by atoms with Crippen molar-refractivity contribution in [3.8, 4) is 0 Å². The van der Waals surface area contributed by atoms with Gasteiger partial charge in [0.2, 0.25) is 0 Å². The maximum Gasteiger partial charge on any atom is 0.406 e. The quantitative estimate of drug-likeness (QED) is 0.869. The van der Waals surface area contributed by atoms with Gasteiger partial charge in [0.1, 0.15) is 12.8 Å². The van der Waals surface area contributed by atoms with Gasteiger partial charge in [-0.3, -0.25) is 0 Å². The van der Waals surface area contributed by atoms with Crippen LogP contribution < -0.4 is 4.90 Å². The molecule has 0 aliphatic heterocycles. The van der Waals surface area contributed by atoms with E-state index in [4.69, 9.17) is 9.52 Å². The number of aromatic carboxylic acids is 1. The number of hydrogen-bond acceptors (Lipinski definition) is 4. The number of carboxylic acid groups (broad SMARTS) is 1. The fourth-order valence-electron chi connectivity index (χ4n) is 1.24. The average Bonchev–Trinajstić information content (AvgIpc) is 2.63. The van der Waals surface area contributed by atoms with Crippen molar-refractivity contribution in [1.29, 1.82) is 0 Å². The number of rotatable bonds is 5. The first-order valence-electron chi connectivity index (χ1n) is 4.84. The molecule has 0 fully saturated rings. The van der Waals surface area contributed by atoms with Crippen LogP contribution in [-0.2, 0) is 0 Å². The first kappa shape index (κ1) is 13.3. The van der Waals surface area contributed by atoms with E-state index in [9.17, 15) is 18.0 Å². The highest BCUT2D eigenvalue weighted by Gasteiger charge is 2.32. The molecule has 0 saturated carbocycles. The van der Waals surface area contributed by atoms with Gasteiger partial charge in [-0.2, -0.15) is 18.2 Å². The van der Waals surface area contributed by atoms with Crippen molar-refractivity contribution < 1.29 is 27.5 Å². The Kier molecular flexibility index (Phi) is 3.97. The summed E-state index contributed by atoms with van der Waals surface area (Å²) in [5.74, 6) is -1.34. The predicted molar refractivity (Wildman–Crippen MR) is 52.0 cm³/mol. The largest absolute Gasteiger partial charge is 0.476 e. The lowest BCUT2D eigenvalue weighted by atomic mass is 10.4. The smallest absolute Gasteiger partial charge is 0.406 e. The maximum atomic E-state index is 12.3. The average molecular weight is 252 g/mol. The molecule has 0 amide bonds. The minimum Gasteiger partial charge on any atom is -0.476 e. The second kappa shape index (κ2) is 5.07. The number of oxazole rings is 1. The zero-order valence-corrected chi connectivity index (χ0v) is 8.99. The number of aromatic nitrogens is 1. The van der Waals surface area contributed by atoms with E-state index < -0.39 is 24.4 Å². The lowest BCUT2D eigenvalue weighted by Crippen LogP contribution is -2.35. The van der Waals surface area contributed by atoms with E-state index >= 15 is 0 Å². The lowest BCUT2D eigenvalue weighted by molar-refractivity contribution is -0.120. The number of halogens is 3. The van der Waals surface area contributed by atoms with E-state index in [2.05, 4.69) is 4.98 Å². The second-order valence-corrected chi connectivity index (χ2v) is 3.36. The van der Waals surface area contributed by atoms with Gasteiger partial charge in [-0.15, -0.1) is 0 Å². The molecular formula is C9H11F3N2O3. The van der Waals surface area contributed by atoms with Crippen molar-refractivity contribution in [2.75, 3.05) is 18.0 Å². The third-order valence-electron chi connectivity index (χ3n) is 1.85. The van der Waals surface area contributed by atoms with Crippen molar-refractivity contribution >= 4 is 12.0 Å². The number of carboxylic acids is 1. The number of carbonyl (C=O) groups is 1. The van der Waals surface area contributed by atoms with E-state index in [1.807, 2.05) is 0 Å². The van der Waals surface area contributed by atoms with Gasteiger partial charge in [-0.25, -0.2) is 4.79 Å². The Morgan fingerprint density at radius 3 is 2.65 bits per heavy atom. The SMILES string of the molecule is CCCN(CC(F)(F)F)c1nc(C(=O)O)co1. The normalized spacial score (nSPS) is 11.5. The molecule has 0 bridgehead atoms. The summed E-state index contributed by atoms with van der Waals surface area (Å²) >= 11 is 0. The summed E-state index contributed by atoms with van der Waals surface area (Å²) < 4.78 is 41.5. The van der Waals surface area contributed by atoms with E-state index in [1.165, 1.54) is 0 Å². The highest BCUT2D eigenvalue weighted by atomic mass is 19.4. The molecule has 1 rings (SSSR count). The summed E-state index contributed by atoms with van der Waals surface area (Å²) in [5.41, 5.74) is -0.414. The molecule has 0 radical (unpaired) electrons. The standard InChI is InChI=1S/C9H11F3N2O3/c1-2-3-14(5-9(10,11)12)8-13-6(4-17-8)7(15)16/h4H,2-3,5H2,1H3,(H,15,16). The summed E-state index contributed by atoms with van der Waals surface area (Å²) in [6.07, 6.45) is -3.12. The fourth-order valence-corrected chi connectivity index (χ4v) is 1.24. The maximum absolute atomic E-state index is 12.3. The molecule has 0 spiro atoms. The number of alkyl halides is 3. The molecule has 1 heterocycles. The number of anilines is 1. The van der Waals surface area contributed by atoms with Crippen molar-refractivity contribution in [2.24, 2.45) is 0 Å². The molecule has 0 saturated heterocycles. The summed E-state index contributed by atoms with van der Waals surface area (Å²) in [7, 11) is 0. The van der Waals surface area contributed by atoms with E-state index in [-0.39, 0.29) is 12.6 Å². The fraction of sp³-hybridized carbons (Fsp3) is 0.556. The van der Waals surface area contributed by atoms with Crippen LogP contribution in [-0.4, -0.2) is 35.3 Å². The Morgan fingerprint density at radius 1 is 1.59 bits per heavy atom. The molecule has 8 heteroatoms. The molecule has 17 heavy (non-hydrogen) atoms. The zero-order chi connectivity index (χ0) is 13.1. The molecule has 96 valence electrons. The molecule has 1 aromatic rings. The van der Waals surface area contributed by atoms with Gasteiger partial charge in [0.15, 0.2) is 5.69 Å². The van der Waals surface area contributed by atoms with Crippen LogP contribution in [0.2, 0.25) is 0 Å². The monoisotopic (exact) mass is 252 g/mol. The van der Waals surface area contributed by atoms with Crippen molar-refractivity contribution in [1.82, 2.24) is 4.98 Å². The molecule has 5 nitrogen and oxygen atoms in total. The third-order valence-corrected chi connectivity index (χ3v) is 1.85. The zero-order valence-electron chi connectivity index (χ0n) is 8.99. The van der Waals surface area contributed by atoms with Gasteiger partial charge in [0.25, 0.3) is 6.01 Å². The molecule has 1 aromatic heterocycles. The van der Waals surface area contributed by atoms with Crippen LogP contribution in [0.4, 0.5) is 19.2 Å². The first-order chi connectivity index (χ1) is 7.83. The van der Waals surface area contributed by atoms with Crippen LogP contribution in [0.25, 0.3) is 0 Å². The minimum absolute atomic E-state index is 0.0824. The van der Waals surface area contributed by atoms with Crippen LogP contribution >= 0.6 is 0 Å². The van der Waals surface area contributed by atoms with Gasteiger partial charge in [0.05, 0.1) is 0 Å². The van der Waals surface area contributed by atoms with Crippen molar-refractivity contribution in [3.05, 3.63) is 12.0 Å². The van der Waals surface area contributed by atoms with Crippen LogP contribution in [0.3, 0.4) is 0 Å². The Hall–Kier alpha value is -1.73. The molecule has 0 unspecified atom stereocenters. The van der Waals surface area contributed by atoms with Gasteiger partial charge in [-0.1, -0.05) is 6.92 Å². The van der Waals surface area contributed by atoms with E-state index in [1.54, 1.807) is 6.92 Å². The van der Waals surface area contributed by atoms with E-state index in [0.717, 1.165) is 11.2 Å². The Labute approximate surface area is 94.8 Å². The summed E-state index contributed by atoms with van der Waals surface area (Å²) in [4.78, 5) is 14.8.